The molecule has 1 unspecified atom stereocenters. The fourth-order valence-electron chi connectivity index (χ4n) is 2.37. The van der Waals surface area contributed by atoms with E-state index in [4.69, 9.17) is 0 Å². The van der Waals surface area contributed by atoms with Crippen LogP contribution in [0.15, 0.2) is 0 Å². The lowest BCUT2D eigenvalue weighted by Crippen LogP contribution is -2.39. The van der Waals surface area contributed by atoms with Crippen molar-refractivity contribution < 1.29 is 0 Å². The maximum absolute atomic E-state index is 4.34. The number of hydrogen-bond donors (Lipinski definition) is 1. The second kappa shape index (κ2) is 6.77. The van der Waals surface area contributed by atoms with E-state index in [1.54, 1.807) is 0 Å². The summed E-state index contributed by atoms with van der Waals surface area (Å²) < 4.78 is 0. The molecule has 0 aromatic rings. The van der Waals surface area contributed by atoms with Crippen molar-refractivity contribution in [2.24, 2.45) is 11.8 Å². The zero-order valence-electron chi connectivity index (χ0n) is 10.4. The van der Waals surface area contributed by atoms with E-state index in [-0.39, 0.29) is 0 Å². The predicted octanol–water partition coefficient (Wildman–Crippen LogP) is 1.83. The fourth-order valence-corrected chi connectivity index (χ4v) is 2.48. The molecule has 0 amide bonds. The highest BCUT2D eigenvalue weighted by atomic mass is 32.1. The van der Waals surface area contributed by atoms with Gasteiger partial charge in [0.25, 0.3) is 0 Å². The summed E-state index contributed by atoms with van der Waals surface area (Å²) in [7, 11) is 4.35. The smallest absolute Gasteiger partial charge is 0.00148 e. The Morgan fingerprint density at radius 1 is 1.33 bits per heavy atom. The first-order chi connectivity index (χ1) is 7.11. The van der Waals surface area contributed by atoms with E-state index in [1.165, 1.54) is 39.0 Å². The molecule has 3 heteroatoms. The van der Waals surface area contributed by atoms with Gasteiger partial charge in [0.15, 0.2) is 0 Å². The van der Waals surface area contributed by atoms with Crippen LogP contribution in [0.5, 0.6) is 0 Å². The van der Waals surface area contributed by atoms with Gasteiger partial charge in [-0.3, -0.25) is 0 Å². The molecule has 0 N–H and O–H groups in total. The minimum Gasteiger partial charge on any atom is -0.309 e. The summed E-state index contributed by atoms with van der Waals surface area (Å²) in [6.45, 7) is 7.36. The Bertz CT molecular complexity index is 165. The van der Waals surface area contributed by atoms with Gasteiger partial charge in [-0.15, -0.1) is 0 Å². The third-order valence-electron chi connectivity index (χ3n) is 3.21. The molecule has 0 spiro atoms. The number of rotatable bonds is 5. The van der Waals surface area contributed by atoms with Crippen molar-refractivity contribution in [2.45, 2.75) is 19.8 Å². The molecule has 15 heavy (non-hydrogen) atoms. The van der Waals surface area contributed by atoms with Gasteiger partial charge >= 0.3 is 0 Å². The highest BCUT2D eigenvalue weighted by Crippen LogP contribution is 2.18. The van der Waals surface area contributed by atoms with E-state index in [0.717, 1.165) is 17.6 Å². The standard InChI is InChI=1S/C12H26N2S/c1-11(10-15)8-14-6-4-12(5-7-14)9-13(2)3/h11-12,15H,4-10H2,1-3H3. The Balaban J connectivity index is 2.18. The van der Waals surface area contributed by atoms with Crippen molar-refractivity contribution in [1.29, 1.82) is 0 Å². The molecule has 1 fully saturated rings. The first-order valence-electron chi connectivity index (χ1n) is 6.09. The summed E-state index contributed by atoms with van der Waals surface area (Å²) in [6.07, 6.45) is 2.74. The van der Waals surface area contributed by atoms with Crippen LogP contribution in [0.1, 0.15) is 19.8 Å². The normalized spacial score (nSPS) is 22.2. The molecule has 0 aromatic heterocycles. The van der Waals surface area contributed by atoms with Crippen LogP contribution in [0.4, 0.5) is 0 Å². The number of thiol groups is 1. The topological polar surface area (TPSA) is 6.48 Å². The lowest BCUT2D eigenvalue weighted by molar-refractivity contribution is 0.151. The van der Waals surface area contributed by atoms with Crippen LogP contribution in [0.2, 0.25) is 0 Å². The Labute approximate surface area is 100 Å². The highest BCUT2D eigenvalue weighted by molar-refractivity contribution is 7.80. The second-order valence-electron chi connectivity index (χ2n) is 5.29. The Kier molecular flexibility index (Phi) is 6.02. The Morgan fingerprint density at radius 2 is 1.93 bits per heavy atom. The molecule has 0 aliphatic carbocycles. The third-order valence-corrected chi connectivity index (χ3v) is 3.84. The summed E-state index contributed by atoms with van der Waals surface area (Å²) >= 11 is 4.34. The molecule has 0 radical (unpaired) electrons. The maximum Gasteiger partial charge on any atom is 0.00148 e. The van der Waals surface area contributed by atoms with Gasteiger partial charge in [-0.05, 0) is 57.6 Å². The molecule has 0 saturated carbocycles. The molecule has 1 aliphatic rings. The zero-order valence-corrected chi connectivity index (χ0v) is 11.3. The van der Waals surface area contributed by atoms with Gasteiger partial charge in [0.05, 0.1) is 0 Å². The number of likely N-dealkylation sites (tertiary alicyclic amines) is 1. The van der Waals surface area contributed by atoms with Crippen molar-refractivity contribution in [3.63, 3.8) is 0 Å². The molecule has 0 aromatic carbocycles. The number of nitrogens with zero attached hydrogens (tertiary/aromatic N) is 2. The highest BCUT2D eigenvalue weighted by Gasteiger charge is 2.20. The summed E-state index contributed by atoms with van der Waals surface area (Å²) in [5.74, 6) is 2.67. The molecular weight excluding hydrogens is 204 g/mol. The first kappa shape index (κ1) is 13.3. The van der Waals surface area contributed by atoms with Crippen molar-refractivity contribution in [3.05, 3.63) is 0 Å². The van der Waals surface area contributed by atoms with Crippen LogP contribution in [0, 0.1) is 11.8 Å². The van der Waals surface area contributed by atoms with Crippen molar-refractivity contribution in [1.82, 2.24) is 9.80 Å². The molecular formula is C12H26N2S. The van der Waals surface area contributed by atoms with Crippen molar-refractivity contribution >= 4 is 12.6 Å². The largest absolute Gasteiger partial charge is 0.309 e. The number of hydrogen-bond acceptors (Lipinski definition) is 3. The van der Waals surface area contributed by atoms with Crippen molar-refractivity contribution in [3.8, 4) is 0 Å². The van der Waals surface area contributed by atoms with E-state index in [1.807, 2.05) is 0 Å². The van der Waals surface area contributed by atoms with Gasteiger partial charge in [-0.1, -0.05) is 6.92 Å². The Hall–Kier alpha value is 0.270. The zero-order chi connectivity index (χ0) is 11.3. The van der Waals surface area contributed by atoms with Crippen molar-refractivity contribution in [2.75, 3.05) is 46.0 Å². The Morgan fingerprint density at radius 3 is 2.40 bits per heavy atom. The first-order valence-corrected chi connectivity index (χ1v) is 6.73. The lowest BCUT2D eigenvalue weighted by atomic mass is 9.96. The van der Waals surface area contributed by atoms with Crippen LogP contribution in [-0.2, 0) is 0 Å². The van der Waals surface area contributed by atoms with Gasteiger partial charge in [0, 0.05) is 13.1 Å². The van der Waals surface area contributed by atoms with Gasteiger partial charge in [0.1, 0.15) is 0 Å². The van der Waals surface area contributed by atoms with E-state index >= 15 is 0 Å². The van der Waals surface area contributed by atoms with Gasteiger partial charge in [0.2, 0.25) is 0 Å². The molecule has 1 saturated heterocycles. The SMILES string of the molecule is CC(CS)CN1CCC(CN(C)C)CC1. The average molecular weight is 230 g/mol. The fraction of sp³-hybridized carbons (Fsp3) is 1.00. The molecule has 1 rings (SSSR count). The molecule has 0 bridgehead atoms. The lowest BCUT2D eigenvalue weighted by Gasteiger charge is -2.34. The van der Waals surface area contributed by atoms with Crippen LogP contribution < -0.4 is 0 Å². The maximum atomic E-state index is 4.34. The van der Waals surface area contributed by atoms with E-state index in [0.29, 0.717) is 0 Å². The molecule has 1 heterocycles. The quantitative estimate of drug-likeness (QED) is 0.720. The molecule has 90 valence electrons. The summed E-state index contributed by atoms with van der Waals surface area (Å²) in [5, 5.41) is 0. The summed E-state index contributed by atoms with van der Waals surface area (Å²) in [5.41, 5.74) is 0. The second-order valence-corrected chi connectivity index (χ2v) is 5.66. The van der Waals surface area contributed by atoms with Crippen LogP contribution in [0.3, 0.4) is 0 Å². The van der Waals surface area contributed by atoms with Gasteiger partial charge < -0.3 is 9.80 Å². The molecule has 1 atom stereocenters. The average Bonchev–Trinajstić information content (AvgIpc) is 2.20. The number of piperidine rings is 1. The minimum absolute atomic E-state index is 0.735. The van der Waals surface area contributed by atoms with Gasteiger partial charge in [-0.2, -0.15) is 12.6 Å². The van der Waals surface area contributed by atoms with Crippen LogP contribution in [-0.4, -0.2) is 55.8 Å². The monoisotopic (exact) mass is 230 g/mol. The minimum atomic E-state index is 0.735. The van der Waals surface area contributed by atoms with E-state index in [2.05, 4.69) is 43.4 Å². The summed E-state index contributed by atoms with van der Waals surface area (Å²) in [4.78, 5) is 4.92. The third kappa shape index (κ3) is 5.23. The molecule has 2 nitrogen and oxygen atoms in total. The van der Waals surface area contributed by atoms with Gasteiger partial charge in [-0.25, -0.2) is 0 Å². The van der Waals surface area contributed by atoms with E-state index in [9.17, 15) is 0 Å². The summed E-state index contributed by atoms with van der Waals surface area (Å²) in [6, 6.07) is 0. The predicted molar refractivity (Wildman–Crippen MR) is 70.7 cm³/mol. The van der Waals surface area contributed by atoms with E-state index < -0.39 is 0 Å². The van der Waals surface area contributed by atoms with Crippen LogP contribution >= 0.6 is 12.6 Å². The van der Waals surface area contributed by atoms with Crippen LogP contribution in [0.25, 0.3) is 0 Å². The molecule has 1 aliphatic heterocycles.